The van der Waals surface area contributed by atoms with Crippen molar-refractivity contribution in [3.63, 3.8) is 0 Å². The van der Waals surface area contributed by atoms with Crippen LogP contribution in [0.4, 0.5) is 30.7 Å². The van der Waals surface area contributed by atoms with Gasteiger partial charge < -0.3 is 0 Å². The van der Waals surface area contributed by atoms with Crippen LogP contribution in [0.5, 0.6) is 0 Å². The minimum absolute atomic E-state index is 0.308. The maximum Gasteiger partial charge on any atom is 0.460 e. The largest absolute Gasteiger partial charge is 0.460 e. The molecular formula is C10H4BrF7O. The molecule has 0 amide bonds. The molecule has 0 radical (unpaired) electrons. The lowest BCUT2D eigenvalue weighted by Gasteiger charge is -2.27. The molecule has 1 aromatic rings. The highest BCUT2D eigenvalue weighted by Crippen LogP contribution is 2.48. The van der Waals surface area contributed by atoms with Crippen LogP contribution in [0.1, 0.15) is 10.4 Å². The predicted molar refractivity (Wildman–Crippen MR) is 54.4 cm³/mol. The highest BCUT2D eigenvalue weighted by atomic mass is 79.9. The van der Waals surface area contributed by atoms with Crippen LogP contribution in [0.3, 0.4) is 0 Å². The standard InChI is InChI=1S/C10H4BrF7O/c11-6-4-2-1-3-5(6)7(19)8(12,13)9(14,15)10(16,17)18/h1-4H. The molecule has 0 heterocycles. The summed E-state index contributed by atoms with van der Waals surface area (Å²) in [6, 6.07) is 4.11. The number of Topliss-reactive ketones (excluding diaryl/α,β-unsaturated/α-hetero) is 1. The van der Waals surface area contributed by atoms with Crippen LogP contribution in [-0.4, -0.2) is 23.8 Å². The number of alkyl halides is 7. The Kier molecular flexibility index (Phi) is 4.00. The second-order valence-corrected chi connectivity index (χ2v) is 4.31. The van der Waals surface area contributed by atoms with Gasteiger partial charge in [0.25, 0.3) is 0 Å². The van der Waals surface area contributed by atoms with Crippen LogP contribution in [-0.2, 0) is 0 Å². The third kappa shape index (κ3) is 2.60. The van der Waals surface area contributed by atoms with E-state index in [0.29, 0.717) is 6.07 Å². The van der Waals surface area contributed by atoms with Gasteiger partial charge in [0.2, 0.25) is 5.78 Å². The molecule has 9 heteroatoms. The lowest BCUT2D eigenvalue weighted by atomic mass is 10.00. The van der Waals surface area contributed by atoms with Crippen molar-refractivity contribution in [1.29, 1.82) is 0 Å². The number of benzene rings is 1. The Morgan fingerprint density at radius 1 is 0.947 bits per heavy atom. The average Bonchev–Trinajstić information content (AvgIpc) is 2.27. The van der Waals surface area contributed by atoms with E-state index in [9.17, 15) is 35.5 Å². The summed E-state index contributed by atoms with van der Waals surface area (Å²) in [6.45, 7) is 0. The Morgan fingerprint density at radius 3 is 1.84 bits per heavy atom. The molecule has 106 valence electrons. The fourth-order valence-corrected chi connectivity index (χ4v) is 1.60. The average molecular weight is 353 g/mol. The second kappa shape index (κ2) is 4.77. The zero-order chi connectivity index (χ0) is 15.1. The molecule has 19 heavy (non-hydrogen) atoms. The first-order valence-electron chi connectivity index (χ1n) is 4.54. The Bertz CT molecular complexity index is 495. The summed E-state index contributed by atoms with van der Waals surface area (Å²) < 4.78 is 87.0. The van der Waals surface area contributed by atoms with E-state index in [1.165, 1.54) is 6.07 Å². The van der Waals surface area contributed by atoms with E-state index >= 15 is 0 Å². The van der Waals surface area contributed by atoms with Crippen LogP contribution >= 0.6 is 15.9 Å². The first-order chi connectivity index (χ1) is 8.43. The molecule has 0 atom stereocenters. The molecule has 0 aliphatic rings. The van der Waals surface area contributed by atoms with Gasteiger partial charge in [-0.15, -0.1) is 0 Å². The van der Waals surface area contributed by atoms with Crippen molar-refractivity contribution in [3.8, 4) is 0 Å². The Hall–Kier alpha value is -1.12. The fourth-order valence-electron chi connectivity index (χ4n) is 1.14. The molecular weight excluding hydrogens is 349 g/mol. The summed E-state index contributed by atoms with van der Waals surface area (Å²) in [7, 11) is 0. The zero-order valence-electron chi connectivity index (χ0n) is 8.74. The van der Waals surface area contributed by atoms with Gasteiger partial charge in [-0.25, -0.2) is 0 Å². The minimum Gasteiger partial charge on any atom is -0.287 e. The van der Waals surface area contributed by atoms with Crippen molar-refractivity contribution in [3.05, 3.63) is 34.3 Å². The quantitative estimate of drug-likeness (QED) is 0.579. The number of ketones is 1. The van der Waals surface area contributed by atoms with Crippen LogP contribution in [0.25, 0.3) is 0 Å². The summed E-state index contributed by atoms with van der Waals surface area (Å²) in [5, 5.41) is 0. The number of halogens is 8. The normalized spacial score (nSPS) is 13.5. The molecule has 0 saturated carbocycles. The Labute approximate surface area is 110 Å². The summed E-state index contributed by atoms with van der Waals surface area (Å²) in [4.78, 5) is 11.2. The highest BCUT2D eigenvalue weighted by Gasteiger charge is 2.76. The number of carbonyl (C=O) groups excluding carboxylic acids is 1. The van der Waals surface area contributed by atoms with E-state index in [1.807, 2.05) is 0 Å². The van der Waals surface area contributed by atoms with Crippen molar-refractivity contribution in [1.82, 2.24) is 0 Å². The van der Waals surface area contributed by atoms with Crippen molar-refractivity contribution in [2.45, 2.75) is 18.0 Å². The van der Waals surface area contributed by atoms with Gasteiger partial charge in [-0.05, 0) is 6.07 Å². The SMILES string of the molecule is O=C(c1ccccc1Br)C(F)(F)C(F)(F)C(F)(F)F. The van der Waals surface area contributed by atoms with E-state index in [-0.39, 0.29) is 4.47 Å². The summed E-state index contributed by atoms with van der Waals surface area (Å²) in [5.41, 5.74) is -0.962. The van der Waals surface area contributed by atoms with Gasteiger partial charge in [-0.2, -0.15) is 30.7 Å². The molecule has 0 N–H and O–H groups in total. The van der Waals surface area contributed by atoms with Crippen molar-refractivity contribution < 1.29 is 35.5 Å². The molecule has 0 unspecified atom stereocenters. The van der Waals surface area contributed by atoms with Gasteiger partial charge in [-0.3, -0.25) is 4.79 Å². The third-order valence-corrected chi connectivity index (χ3v) is 2.85. The summed E-state index contributed by atoms with van der Waals surface area (Å²) in [5.74, 6) is -15.0. The van der Waals surface area contributed by atoms with Gasteiger partial charge in [0.15, 0.2) is 0 Å². The number of hydrogen-bond acceptors (Lipinski definition) is 1. The van der Waals surface area contributed by atoms with Crippen LogP contribution < -0.4 is 0 Å². The first-order valence-corrected chi connectivity index (χ1v) is 5.34. The van der Waals surface area contributed by atoms with Crippen molar-refractivity contribution in [2.24, 2.45) is 0 Å². The second-order valence-electron chi connectivity index (χ2n) is 3.46. The highest BCUT2D eigenvalue weighted by molar-refractivity contribution is 9.10. The maximum atomic E-state index is 13.1. The number of rotatable bonds is 3. The van der Waals surface area contributed by atoms with Crippen molar-refractivity contribution in [2.75, 3.05) is 0 Å². The van der Waals surface area contributed by atoms with Gasteiger partial charge in [0.1, 0.15) is 0 Å². The van der Waals surface area contributed by atoms with E-state index in [1.54, 1.807) is 0 Å². The molecule has 0 aromatic heterocycles. The minimum atomic E-state index is -6.53. The monoisotopic (exact) mass is 352 g/mol. The first kappa shape index (κ1) is 15.9. The molecule has 1 rings (SSSR count). The van der Waals surface area contributed by atoms with Crippen molar-refractivity contribution >= 4 is 21.7 Å². The molecule has 0 bridgehead atoms. The van der Waals surface area contributed by atoms with Crippen LogP contribution in [0.2, 0.25) is 0 Å². The van der Waals surface area contributed by atoms with Gasteiger partial charge in [0, 0.05) is 10.0 Å². The van der Waals surface area contributed by atoms with E-state index in [4.69, 9.17) is 0 Å². The molecule has 1 aromatic carbocycles. The third-order valence-electron chi connectivity index (χ3n) is 2.15. The number of hydrogen-bond donors (Lipinski definition) is 0. The van der Waals surface area contributed by atoms with E-state index in [0.717, 1.165) is 12.1 Å². The Morgan fingerprint density at radius 2 is 1.42 bits per heavy atom. The lowest BCUT2D eigenvalue weighted by molar-refractivity contribution is -0.339. The molecule has 0 fully saturated rings. The molecule has 0 aliphatic carbocycles. The topological polar surface area (TPSA) is 17.1 Å². The zero-order valence-corrected chi connectivity index (χ0v) is 10.3. The lowest BCUT2D eigenvalue weighted by Crippen LogP contribution is -2.56. The Balaban J connectivity index is 3.29. The fraction of sp³-hybridized carbons (Fsp3) is 0.300. The van der Waals surface area contributed by atoms with E-state index < -0.39 is 29.4 Å². The van der Waals surface area contributed by atoms with Gasteiger partial charge in [-0.1, -0.05) is 34.1 Å². The molecule has 1 nitrogen and oxygen atoms in total. The number of carbonyl (C=O) groups is 1. The van der Waals surface area contributed by atoms with Crippen LogP contribution in [0.15, 0.2) is 28.7 Å². The van der Waals surface area contributed by atoms with E-state index in [2.05, 4.69) is 15.9 Å². The van der Waals surface area contributed by atoms with Gasteiger partial charge in [0.05, 0.1) is 0 Å². The summed E-state index contributed by atoms with van der Waals surface area (Å²) >= 11 is 2.63. The smallest absolute Gasteiger partial charge is 0.287 e. The molecule has 0 aliphatic heterocycles. The van der Waals surface area contributed by atoms with Crippen LogP contribution in [0, 0.1) is 0 Å². The maximum absolute atomic E-state index is 13.1. The summed E-state index contributed by atoms with van der Waals surface area (Å²) in [6.07, 6.45) is -6.53. The molecule has 0 spiro atoms. The molecule has 0 saturated heterocycles. The van der Waals surface area contributed by atoms with Gasteiger partial charge >= 0.3 is 18.0 Å². The predicted octanol–water partition coefficient (Wildman–Crippen LogP) is 4.46.